The molecule has 29 heavy (non-hydrogen) atoms. The van der Waals surface area contributed by atoms with Crippen molar-refractivity contribution in [1.29, 1.82) is 0 Å². The van der Waals surface area contributed by atoms with Crippen LogP contribution in [0.1, 0.15) is 23.4 Å². The molecule has 1 aromatic carbocycles. The molecular formula is C21H30FIN4OS. The molecule has 1 fully saturated rings. The lowest BCUT2D eigenvalue weighted by Crippen LogP contribution is -2.42. The highest BCUT2D eigenvalue weighted by Crippen LogP contribution is 2.22. The molecule has 1 aliphatic rings. The van der Waals surface area contributed by atoms with E-state index in [-0.39, 0.29) is 35.8 Å². The van der Waals surface area contributed by atoms with Crippen LogP contribution >= 0.6 is 35.3 Å². The van der Waals surface area contributed by atoms with Crippen molar-refractivity contribution < 1.29 is 9.13 Å². The molecule has 0 saturated carbocycles. The van der Waals surface area contributed by atoms with Crippen molar-refractivity contribution in [3.63, 3.8) is 0 Å². The smallest absolute Gasteiger partial charge is 0.191 e. The molecule has 0 bridgehead atoms. The minimum atomic E-state index is -0.212. The molecule has 2 aromatic rings. The molecule has 1 aliphatic heterocycles. The third-order valence-electron chi connectivity index (χ3n) is 4.75. The van der Waals surface area contributed by atoms with Crippen molar-refractivity contribution in [2.45, 2.75) is 19.4 Å². The first-order valence-electron chi connectivity index (χ1n) is 9.88. The monoisotopic (exact) mass is 532 g/mol. The molecule has 3 rings (SSSR count). The van der Waals surface area contributed by atoms with Crippen LogP contribution in [0.5, 0.6) is 0 Å². The van der Waals surface area contributed by atoms with E-state index in [1.807, 2.05) is 12.1 Å². The Labute approximate surface area is 193 Å². The van der Waals surface area contributed by atoms with Crippen LogP contribution in [-0.4, -0.2) is 56.8 Å². The van der Waals surface area contributed by atoms with Crippen molar-refractivity contribution in [3.05, 3.63) is 58.0 Å². The fourth-order valence-electron chi connectivity index (χ4n) is 3.28. The highest BCUT2D eigenvalue weighted by molar-refractivity contribution is 14.0. The van der Waals surface area contributed by atoms with Crippen molar-refractivity contribution in [2.75, 3.05) is 45.9 Å². The molecule has 1 saturated heterocycles. The van der Waals surface area contributed by atoms with Crippen LogP contribution in [-0.2, 0) is 11.2 Å². The van der Waals surface area contributed by atoms with E-state index < -0.39 is 0 Å². The topological polar surface area (TPSA) is 48.9 Å². The largest absolute Gasteiger partial charge is 0.379 e. The zero-order chi connectivity index (χ0) is 19.6. The maximum Gasteiger partial charge on any atom is 0.191 e. The maximum absolute atomic E-state index is 13.4. The first-order valence-corrected chi connectivity index (χ1v) is 10.8. The Balaban J connectivity index is 0.00000300. The van der Waals surface area contributed by atoms with E-state index in [2.05, 4.69) is 40.0 Å². The number of guanidine groups is 1. The summed E-state index contributed by atoms with van der Waals surface area (Å²) in [6.45, 7) is 7.49. The van der Waals surface area contributed by atoms with Crippen molar-refractivity contribution in [2.24, 2.45) is 4.99 Å². The maximum atomic E-state index is 13.4. The highest BCUT2D eigenvalue weighted by Gasteiger charge is 2.22. The molecule has 1 atom stereocenters. The molecule has 160 valence electrons. The van der Waals surface area contributed by atoms with Gasteiger partial charge in [-0.15, -0.1) is 35.3 Å². The minimum Gasteiger partial charge on any atom is -0.379 e. The fraction of sp³-hybridized carbons (Fsp3) is 0.476. The van der Waals surface area contributed by atoms with E-state index in [0.717, 1.165) is 57.3 Å². The molecular weight excluding hydrogens is 502 g/mol. The predicted molar refractivity (Wildman–Crippen MR) is 129 cm³/mol. The number of aliphatic imine (C=N–C) groups is 1. The van der Waals surface area contributed by atoms with Crippen molar-refractivity contribution in [3.8, 4) is 0 Å². The van der Waals surface area contributed by atoms with Crippen molar-refractivity contribution >= 4 is 41.3 Å². The number of ether oxygens (including phenoxy) is 1. The van der Waals surface area contributed by atoms with Gasteiger partial charge >= 0.3 is 0 Å². The Morgan fingerprint density at radius 1 is 1.21 bits per heavy atom. The number of hydrogen-bond donors (Lipinski definition) is 2. The summed E-state index contributed by atoms with van der Waals surface area (Å²) in [5.74, 6) is 0.607. The van der Waals surface area contributed by atoms with Crippen molar-refractivity contribution in [1.82, 2.24) is 15.5 Å². The lowest BCUT2D eigenvalue weighted by atomic mass is 10.0. The third-order valence-corrected chi connectivity index (χ3v) is 5.69. The molecule has 1 aromatic heterocycles. The standard InChI is InChI=1S/C21H29FN4OS.HI/c1-2-23-21(24-10-9-19-4-3-15-28-19)25-16-20(26-11-13-27-14-12-26)17-5-7-18(22)8-6-17;/h3-8,15,20H,2,9-14,16H2,1H3,(H2,23,24,25);1H. The summed E-state index contributed by atoms with van der Waals surface area (Å²) in [5, 5.41) is 8.84. The average Bonchev–Trinajstić information content (AvgIpc) is 3.24. The lowest BCUT2D eigenvalue weighted by Gasteiger charge is -2.34. The second-order valence-electron chi connectivity index (χ2n) is 6.69. The van der Waals surface area contributed by atoms with E-state index in [1.165, 1.54) is 17.0 Å². The molecule has 0 radical (unpaired) electrons. The van der Waals surface area contributed by atoms with Gasteiger partial charge in [-0.3, -0.25) is 9.89 Å². The summed E-state index contributed by atoms with van der Waals surface area (Å²) in [5.41, 5.74) is 1.08. The molecule has 8 heteroatoms. The van der Waals surface area contributed by atoms with Gasteiger partial charge < -0.3 is 15.4 Å². The number of nitrogens with zero attached hydrogens (tertiary/aromatic N) is 2. The molecule has 0 aliphatic carbocycles. The van der Waals surface area contributed by atoms with Crippen LogP contribution in [0.15, 0.2) is 46.8 Å². The van der Waals surface area contributed by atoms with Gasteiger partial charge in [-0.05, 0) is 42.5 Å². The Bertz CT molecular complexity index is 721. The van der Waals surface area contributed by atoms with E-state index in [4.69, 9.17) is 9.73 Å². The molecule has 0 spiro atoms. The predicted octanol–water partition coefficient (Wildman–Crippen LogP) is 3.68. The first kappa shape index (κ1) is 24.0. The fourth-order valence-corrected chi connectivity index (χ4v) is 3.99. The van der Waals surface area contributed by atoms with E-state index in [0.29, 0.717) is 6.54 Å². The second kappa shape index (κ2) is 13.1. The zero-order valence-electron chi connectivity index (χ0n) is 16.8. The van der Waals surface area contributed by atoms with Crippen LogP contribution in [0.3, 0.4) is 0 Å². The Hall–Kier alpha value is -1.23. The zero-order valence-corrected chi connectivity index (χ0v) is 19.9. The lowest BCUT2D eigenvalue weighted by molar-refractivity contribution is 0.0179. The Kier molecular flexibility index (Phi) is 10.9. The summed E-state index contributed by atoms with van der Waals surface area (Å²) < 4.78 is 18.9. The van der Waals surface area contributed by atoms with Gasteiger partial charge in [0, 0.05) is 31.1 Å². The van der Waals surface area contributed by atoms with Crippen LogP contribution in [0.2, 0.25) is 0 Å². The number of benzene rings is 1. The van der Waals surface area contributed by atoms with Gasteiger partial charge in [-0.25, -0.2) is 4.39 Å². The number of morpholine rings is 1. The van der Waals surface area contributed by atoms with Crippen LogP contribution < -0.4 is 10.6 Å². The van der Waals surface area contributed by atoms with Crippen LogP contribution in [0, 0.1) is 5.82 Å². The number of halogens is 2. The molecule has 2 heterocycles. The van der Waals surface area contributed by atoms with E-state index in [9.17, 15) is 4.39 Å². The number of rotatable bonds is 8. The van der Waals surface area contributed by atoms with Gasteiger partial charge in [0.2, 0.25) is 0 Å². The highest BCUT2D eigenvalue weighted by atomic mass is 127. The minimum absolute atomic E-state index is 0. The molecule has 2 N–H and O–H groups in total. The van der Waals surface area contributed by atoms with Gasteiger partial charge in [0.1, 0.15) is 5.82 Å². The molecule has 5 nitrogen and oxygen atoms in total. The van der Waals surface area contributed by atoms with Gasteiger partial charge in [0.25, 0.3) is 0 Å². The first-order chi connectivity index (χ1) is 13.8. The van der Waals surface area contributed by atoms with E-state index in [1.54, 1.807) is 11.3 Å². The summed E-state index contributed by atoms with van der Waals surface area (Å²) in [6.07, 6.45) is 0.979. The van der Waals surface area contributed by atoms with Gasteiger partial charge in [0.05, 0.1) is 25.8 Å². The van der Waals surface area contributed by atoms with Gasteiger partial charge in [0.15, 0.2) is 5.96 Å². The van der Waals surface area contributed by atoms with Crippen LogP contribution in [0.4, 0.5) is 4.39 Å². The summed E-state index contributed by atoms with van der Waals surface area (Å²) in [7, 11) is 0. The summed E-state index contributed by atoms with van der Waals surface area (Å²) in [4.78, 5) is 8.56. The second-order valence-corrected chi connectivity index (χ2v) is 7.72. The van der Waals surface area contributed by atoms with Crippen LogP contribution in [0.25, 0.3) is 0 Å². The Morgan fingerprint density at radius 2 is 1.97 bits per heavy atom. The number of nitrogens with one attached hydrogen (secondary N) is 2. The van der Waals surface area contributed by atoms with E-state index >= 15 is 0 Å². The number of thiophene rings is 1. The molecule has 1 unspecified atom stereocenters. The average molecular weight is 532 g/mol. The quantitative estimate of drug-likeness (QED) is 0.310. The normalized spacial score (nSPS) is 16.1. The summed E-state index contributed by atoms with van der Waals surface area (Å²) in [6, 6.07) is 11.1. The third kappa shape index (κ3) is 7.84. The summed E-state index contributed by atoms with van der Waals surface area (Å²) >= 11 is 1.77. The Morgan fingerprint density at radius 3 is 2.62 bits per heavy atom. The molecule has 0 amide bonds. The van der Waals surface area contributed by atoms with Gasteiger partial charge in [-0.2, -0.15) is 0 Å². The van der Waals surface area contributed by atoms with Gasteiger partial charge in [-0.1, -0.05) is 18.2 Å². The SMILES string of the molecule is CCNC(=NCC(c1ccc(F)cc1)N1CCOCC1)NCCc1cccs1.I. The number of hydrogen-bond acceptors (Lipinski definition) is 4.